The number of aromatic nitrogens is 4. The summed E-state index contributed by atoms with van der Waals surface area (Å²) in [5.41, 5.74) is 4.04. The Kier molecular flexibility index (Phi) is 8.85. The van der Waals surface area contributed by atoms with Crippen molar-refractivity contribution in [2.45, 2.75) is 51.6 Å². The highest BCUT2D eigenvalue weighted by atomic mass is 16.5. The predicted octanol–water partition coefficient (Wildman–Crippen LogP) is 2.87. The van der Waals surface area contributed by atoms with E-state index >= 15 is 0 Å². The van der Waals surface area contributed by atoms with Crippen LogP contribution in [0.15, 0.2) is 54.9 Å². The third-order valence-corrected chi connectivity index (χ3v) is 7.68. The highest BCUT2D eigenvalue weighted by molar-refractivity contribution is 5.87. The molecule has 0 spiro atoms. The normalized spacial score (nSPS) is 14.4. The van der Waals surface area contributed by atoms with Gasteiger partial charge in [0.1, 0.15) is 29.7 Å². The molecule has 0 radical (unpaired) electrons. The second kappa shape index (κ2) is 12.9. The van der Waals surface area contributed by atoms with E-state index in [-0.39, 0.29) is 17.9 Å². The van der Waals surface area contributed by atoms with E-state index < -0.39 is 6.04 Å². The summed E-state index contributed by atoms with van der Waals surface area (Å²) in [6.45, 7) is 4.88. The van der Waals surface area contributed by atoms with Crippen LogP contribution in [-0.2, 0) is 22.4 Å². The lowest BCUT2D eigenvalue weighted by molar-refractivity contribution is -0.128. The Morgan fingerprint density at radius 3 is 2.52 bits per heavy atom. The highest BCUT2D eigenvalue weighted by Gasteiger charge is 2.29. The molecule has 42 heavy (non-hydrogen) atoms. The molecule has 1 aliphatic heterocycles. The molecular weight excluding hydrogens is 534 g/mol. The van der Waals surface area contributed by atoms with E-state index in [4.69, 9.17) is 14.5 Å². The van der Waals surface area contributed by atoms with Crippen LogP contribution in [-0.4, -0.2) is 70.8 Å². The summed E-state index contributed by atoms with van der Waals surface area (Å²) in [4.78, 5) is 36.8. The zero-order valence-electron chi connectivity index (χ0n) is 24.5. The fraction of sp³-hybridized carbons (Fsp3) is 0.387. The first-order chi connectivity index (χ1) is 20.4. The van der Waals surface area contributed by atoms with E-state index in [1.807, 2.05) is 41.8 Å². The largest absolute Gasteiger partial charge is 0.497 e. The second-order valence-electron chi connectivity index (χ2n) is 10.5. The number of nitrogens with zero attached hydrogens (tertiary/aromatic N) is 5. The van der Waals surface area contributed by atoms with Gasteiger partial charge in [0.2, 0.25) is 11.8 Å². The summed E-state index contributed by atoms with van der Waals surface area (Å²) in [6, 6.07) is 15.0. The minimum Gasteiger partial charge on any atom is -0.497 e. The smallest absolute Gasteiger partial charge is 0.254 e. The molecule has 3 heterocycles. The van der Waals surface area contributed by atoms with Crippen LogP contribution in [0.2, 0.25) is 0 Å². The molecule has 220 valence electrons. The fourth-order valence-electron chi connectivity index (χ4n) is 5.53. The number of rotatable bonds is 10. The number of methoxy groups -OCH3 is 2. The van der Waals surface area contributed by atoms with Crippen LogP contribution in [0.25, 0.3) is 5.78 Å². The maximum absolute atomic E-state index is 13.4. The molecular formula is C31H37N7O4. The first kappa shape index (κ1) is 28.8. The van der Waals surface area contributed by atoms with Gasteiger partial charge < -0.3 is 25.0 Å². The molecule has 2 aromatic carbocycles. The molecule has 4 aromatic rings. The van der Waals surface area contributed by atoms with Crippen molar-refractivity contribution in [2.24, 2.45) is 0 Å². The van der Waals surface area contributed by atoms with Crippen LogP contribution in [0.3, 0.4) is 0 Å². The summed E-state index contributed by atoms with van der Waals surface area (Å²) in [5, 5.41) is 10.5. The fourth-order valence-corrected chi connectivity index (χ4v) is 5.53. The van der Waals surface area contributed by atoms with Crippen LogP contribution in [0.1, 0.15) is 42.1 Å². The quantitative estimate of drug-likeness (QED) is 0.298. The van der Waals surface area contributed by atoms with Crippen molar-refractivity contribution in [1.29, 1.82) is 0 Å². The minimum atomic E-state index is -0.738. The zero-order chi connectivity index (χ0) is 29.6. The van der Waals surface area contributed by atoms with Crippen molar-refractivity contribution >= 4 is 23.4 Å². The zero-order valence-corrected chi connectivity index (χ0v) is 24.5. The molecule has 1 aliphatic rings. The molecule has 5 rings (SSSR count). The molecule has 1 saturated heterocycles. The number of piperidine rings is 1. The van der Waals surface area contributed by atoms with E-state index in [2.05, 4.69) is 37.7 Å². The Morgan fingerprint density at radius 2 is 1.83 bits per heavy atom. The van der Waals surface area contributed by atoms with Gasteiger partial charge >= 0.3 is 0 Å². The van der Waals surface area contributed by atoms with Gasteiger partial charge in [0.25, 0.3) is 5.78 Å². The molecule has 0 aliphatic carbocycles. The molecule has 11 heteroatoms. The SMILES string of the molecule is COc1ccc(C[C@@H](NC(C)=O)C(=O)NC2CCN(c3c(Cc4ccccc4)c(C)nc4ncnn34)CC2)c(OC)c1. The molecule has 1 fully saturated rings. The van der Waals surface area contributed by atoms with Gasteiger partial charge in [-0.05, 0) is 37.0 Å². The predicted molar refractivity (Wildman–Crippen MR) is 159 cm³/mol. The Labute approximate surface area is 245 Å². The summed E-state index contributed by atoms with van der Waals surface area (Å²) in [5.74, 6) is 2.33. The Hall–Kier alpha value is -4.67. The number of hydrogen-bond donors (Lipinski definition) is 2. The first-order valence-corrected chi connectivity index (χ1v) is 14.1. The number of benzene rings is 2. The van der Waals surface area contributed by atoms with Crippen LogP contribution < -0.4 is 25.0 Å². The van der Waals surface area contributed by atoms with Gasteiger partial charge in [-0.3, -0.25) is 9.59 Å². The van der Waals surface area contributed by atoms with E-state index in [0.29, 0.717) is 23.7 Å². The summed E-state index contributed by atoms with van der Waals surface area (Å²) in [7, 11) is 3.16. The third-order valence-electron chi connectivity index (χ3n) is 7.68. The Bertz CT molecular complexity index is 1550. The Balaban J connectivity index is 1.30. The van der Waals surface area contributed by atoms with E-state index in [1.165, 1.54) is 18.8 Å². The molecule has 0 saturated carbocycles. The number of carbonyl (C=O) groups is 2. The minimum absolute atomic E-state index is 0.0329. The standard InChI is InChI=1S/C31H37N7O4/c1-20-26(16-22-8-6-5-7-9-22)30(38-31(34-20)32-19-33-38)37-14-12-24(13-15-37)36-29(40)27(35-21(2)39)17-23-10-11-25(41-3)18-28(23)42-4/h5-11,18-19,24,27H,12-17H2,1-4H3,(H,35,39)(H,36,40)/t27-/m1/s1. The van der Waals surface area contributed by atoms with E-state index in [9.17, 15) is 9.59 Å². The lowest BCUT2D eigenvalue weighted by atomic mass is 9.99. The number of ether oxygens (including phenoxy) is 2. The van der Waals surface area contributed by atoms with Crippen LogP contribution >= 0.6 is 0 Å². The van der Waals surface area contributed by atoms with Crippen molar-refractivity contribution in [3.63, 3.8) is 0 Å². The monoisotopic (exact) mass is 571 g/mol. The third kappa shape index (κ3) is 6.45. The summed E-state index contributed by atoms with van der Waals surface area (Å²) < 4.78 is 12.6. The number of nitrogens with one attached hydrogen (secondary N) is 2. The van der Waals surface area contributed by atoms with Crippen LogP contribution in [0.4, 0.5) is 5.82 Å². The van der Waals surface area contributed by atoms with E-state index in [1.54, 1.807) is 20.3 Å². The molecule has 2 N–H and O–H groups in total. The lowest BCUT2D eigenvalue weighted by Crippen LogP contribution is -2.52. The van der Waals surface area contributed by atoms with Crippen molar-refractivity contribution in [3.8, 4) is 11.5 Å². The van der Waals surface area contributed by atoms with Gasteiger partial charge in [-0.15, -0.1) is 0 Å². The van der Waals surface area contributed by atoms with Gasteiger partial charge in [0.15, 0.2) is 0 Å². The molecule has 2 aromatic heterocycles. The number of amides is 2. The number of hydrogen-bond acceptors (Lipinski definition) is 8. The summed E-state index contributed by atoms with van der Waals surface area (Å²) >= 11 is 0. The average molecular weight is 572 g/mol. The molecule has 0 bridgehead atoms. The maximum Gasteiger partial charge on any atom is 0.254 e. The van der Waals surface area contributed by atoms with Crippen LogP contribution in [0.5, 0.6) is 11.5 Å². The maximum atomic E-state index is 13.4. The van der Waals surface area contributed by atoms with Crippen molar-refractivity contribution < 1.29 is 19.1 Å². The van der Waals surface area contributed by atoms with Gasteiger partial charge in [0, 0.05) is 56.2 Å². The van der Waals surface area contributed by atoms with E-state index in [0.717, 1.165) is 55.0 Å². The molecule has 1 atom stereocenters. The average Bonchev–Trinajstić information content (AvgIpc) is 3.46. The van der Waals surface area contributed by atoms with Gasteiger partial charge in [0.05, 0.1) is 14.2 Å². The number of carbonyl (C=O) groups excluding carboxylic acids is 2. The van der Waals surface area contributed by atoms with Crippen molar-refractivity contribution in [1.82, 2.24) is 30.2 Å². The molecule has 0 unspecified atom stereocenters. The van der Waals surface area contributed by atoms with Gasteiger partial charge in [-0.2, -0.15) is 14.6 Å². The van der Waals surface area contributed by atoms with Gasteiger partial charge in [-0.1, -0.05) is 36.4 Å². The van der Waals surface area contributed by atoms with Crippen molar-refractivity contribution in [2.75, 3.05) is 32.2 Å². The molecule has 2 amide bonds. The molecule has 11 nitrogen and oxygen atoms in total. The second-order valence-corrected chi connectivity index (χ2v) is 10.5. The number of aryl methyl sites for hydroxylation is 1. The number of anilines is 1. The highest BCUT2D eigenvalue weighted by Crippen LogP contribution is 2.29. The Morgan fingerprint density at radius 1 is 1.07 bits per heavy atom. The lowest BCUT2D eigenvalue weighted by Gasteiger charge is -2.35. The first-order valence-electron chi connectivity index (χ1n) is 14.1. The van der Waals surface area contributed by atoms with Gasteiger partial charge in [-0.25, -0.2) is 4.98 Å². The topological polar surface area (TPSA) is 123 Å². The van der Waals surface area contributed by atoms with Crippen LogP contribution in [0, 0.1) is 6.92 Å². The summed E-state index contributed by atoms with van der Waals surface area (Å²) in [6.07, 6.45) is 4.04. The number of fused-ring (bicyclic) bond motifs is 1. The van der Waals surface area contributed by atoms with Crippen molar-refractivity contribution in [3.05, 3.63) is 77.2 Å².